The van der Waals surface area contributed by atoms with Gasteiger partial charge in [0.15, 0.2) is 44.6 Å². The number of rotatable bonds is 16. The van der Waals surface area contributed by atoms with Crippen LogP contribution in [0.4, 0.5) is 30.7 Å². The van der Waals surface area contributed by atoms with Crippen LogP contribution in [0, 0.1) is 0 Å². The van der Waals surface area contributed by atoms with E-state index in [2.05, 4.69) is 0 Å². The molecule has 3 aromatic carbocycles. The Balaban J connectivity index is 0.000000724. The Hall–Kier alpha value is -4.76. The van der Waals surface area contributed by atoms with Gasteiger partial charge in [0.1, 0.15) is 34.1 Å². The van der Waals surface area contributed by atoms with E-state index < -0.39 is 79.5 Å². The molecule has 0 saturated carbocycles. The highest BCUT2D eigenvalue weighted by Crippen LogP contribution is 2.43. The molecule has 0 spiro atoms. The van der Waals surface area contributed by atoms with E-state index in [0.717, 1.165) is 14.7 Å². The molecule has 0 aliphatic heterocycles. The van der Waals surface area contributed by atoms with E-state index in [0.29, 0.717) is 17.2 Å². The van der Waals surface area contributed by atoms with Crippen molar-refractivity contribution in [2.24, 2.45) is 0 Å². The van der Waals surface area contributed by atoms with Crippen LogP contribution in [0.15, 0.2) is 87.5 Å². The summed E-state index contributed by atoms with van der Waals surface area (Å²) in [5.41, 5.74) is -1.78. The molecular weight excluding hydrogens is 870 g/mol. The molecule has 0 N–H and O–H groups in total. The van der Waals surface area contributed by atoms with E-state index in [1.54, 1.807) is 62.3 Å². The van der Waals surface area contributed by atoms with Crippen molar-refractivity contribution in [2.75, 3.05) is 19.8 Å². The summed E-state index contributed by atoms with van der Waals surface area (Å²) < 4.78 is 145. The Bertz CT molecular complexity index is 1830. The van der Waals surface area contributed by atoms with Crippen LogP contribution < -0.4 is 14.2 Å². The first-order chi connectivity index (χ1) is 27.7. The van der Waals surface area contributed by atoms with Gasteiger partial charge in [0.25, 0.3) is 6.43 Å². The molecule has 0 aliphatic rings. The van der Waals surface area contributed by atoms with Gasteiger partial charge in [-0.15, -0.1) is 0 Å². The average molecular weight is 917 g/mol. The summed E-state index contributed by atoms with van der Waals surface area (Å²) in [6.07, 6.45) is -9.30. The summed E-state index contributed by atoms with van der Waals surface area (Å²) in [4.78, 5) is 39.3. The first kappa shape index (κ1) is 52.4. The normalized spacial score (nSPS) is 13.1. The third-order valence-corrected chi connectivity index (χ3v) is 9.91. The zero-order valence-corrected chi connectivity index (χ0v) is 36.2. The van der Waals surface area contributed by atoms with Gasteiger partial charge in [-0.05, 0) is 135 Å². The quantitative estimate of drug-likeness (QED) is 0.0445. The van der Waals surface area contributed by atoms with Crippen LogP contribution >= 0.6 is 0 Å². The van der Waals surface area contributed by atoms with Gasteiger partial charge >= 0.3 is 29.1 Å². The van der Waals surface area contributed by atoms with Crippen molar-refractivity contribution in [3.05, 3.63) is 72.8 Å². The fraction of sp³-hybridized carbons (Fsp3) is 0.475. The summed E-state index contributed by atoms with van der Waals surface area (Å²) in [5, 5.41) is -6.43. The molecule has 0 fully saturated rings. The SMILES string of the molecule is CC(C)(C)OC(=O)COc1ccc([S+](c2ccc(OCC(=O)OC(C)(C)C)cc2)c2ccc(OCC(=O)OC(C)(C)C)cc2)cc1.O=S(=O)([O-])C(F)(F)C(F)(F)C(F)C(F)F. The van der Waals surface area contributed by atoms with Gasteiger partial charge in [0.05, 0.1) is 10.9 Å². The van der Waals surface area contributed by atoms with E-state index in [4.69, 9.17) is 28.4 Å². The number of carbonyl (C=O) groups excluding carboxylic acids is 3. The van der Waals surface area contributed by atoms with Crippen molar-refractivity contribution in [2.45, 2.75) is 118 Å². The molecule has 0 radical (unpaired) electrons. The highest BCUT2D eigenvalue weighted by atomic mass is 32.2. The molecule has 0 aromatic heterocycles. The number of hydrogen-bond donors (Lipinski definition) is 0. The fourth-order valence-corrected chi connectivity index (χ4v) is 6.94. The van der Waals surface area contributed by atoms with Crippen molar-refractivity contribution >= 4 is 38.9 Å². The molecule has 0 bridgehead atoms. The molecule has 0 amide bonds. The van der Waals surface area contributed by atoms with E-state index in [1.807, 2.05) is 72.8 Å². The second-order valence-electron chi connectivity index (χ2n) is 15.7. The van der Waals surface area contributed by atoms with Gasteiger partial charge < -0.3 is 33.0 Å². The monoisotopic (exact) mass is 916 g/mol. The minimum absolute atomic E-state index is 0.197. The smallest absolute Gasteiger partial charge is 0.399 e. The van der Waals surface area contributed by atoms with E-state index in [9.17, 15) is 58.1 Å². The van der Waals surface area contributed by atoms with E-state index in [-0.39, 0.29) is 19.8 Å². The second kappa shape index (κ2) is 20.9. The highest BCUT2D eigenvalue weighted by molar-refractivity contribution is 7.97. The van der Waals surface area contributed by atoms with Crippen LogP contribution in [0.3, 0.4) is 0 Å². The van der Waals surface area contributed by atoms with Crippen LogP contribution in [0.2, 0.25) is 0 Å². The molecule has 21 heteroatoms. The molecule has 0 saturated heterocycles. The van der Waals surface area contributed by atoms with Gasteiger partial charge in [0.2, 0.25) is 6.17 Å². The van der Waals surface area contributed by atoms with Gasteiger partial charge in [-0.3, -0.25) is 0 Å². The Morgan fingerprint density at radius 3 is 0.984 bits per heavy atom. The number of esters is 3. The number of hydrogen-bond acceptors (Lipinski definition) is 12. The molecule has 3 rings (SSSR count). The van der Waals surface area contributed by atoms with Crippen LogP contribution in [0.5, 0.6) is 17.2 Å². The standard InChI is InChI=1S/C36H45O9S.C4H3F7O3S/c1-34(2,3)43-31(37)22-40-25-10-16-28(17-11-25)46(29-18-12-26(13-19-29)41-23-32(38)44-35(4,5)6)30-20-14-27(15-21-30)42-24-33(39)45-36(7,8)9;5-1(2(6)7)3(8,9)4(10,11)15(12,13)14/h10-21H,22-24H2,1-9H3;1-2H,(H,12,13,14)/q+1;/p-1. The third kappa shape index (κ3) is 17.3. The number of alkyl halides is 7. The second-order valence-corrected chi connectivity index (χ2v) is 19.1. The van der Waals surface area contributed by atoms with Crippen LogP contribution in [0.25, 0.3) is 0 Å². The maximum absolute atomic E-state index is 12.2. The minimum Gasteiger partial charge on any atom is -0.743 e. The van der Waals surface area contributed by atoms with Crippen LogP contribution in [-0.2, 0) is 49.6 Å². The number of carbonyl (C=O) groups is 3. The Morgan fingerprint density at radius 1 is 0.541 bits per heavy atom. The largest absolute Gasteiger partial charge is 0.743 e. The van der Waals surface area contributed by atoms with Crippen molar-refractivity contribution in [1.29, 1.82) is 0 Å². The van der Waals surface area contributed by atoms with E-state index in [1.165, 1.54) is 0 Å². The zero-order valence-electron chi connectivity index (χ0n) is 34.6. The summed E-state index contributed by atoms with van der Waals surface area (Å²) in [6.45, 7) is 15.7. The maximum atomic E-state index is 12.2. The number of halogens is 7. The lowest BCUT2D eigenvalue weighted by Gasteiger charge is -2.29. The first-order valence-electron chi connectivity index (χ1n) is 17.9. The van der Waals surface area contributed by atoms with Gasteiger partial charge in [-0.1, -0.05) is 0 Å². The van der Waals surface area contributed by atoms with Crippen molar-refractivity contribution in [1.82, 2.24) is 0 Å². The minimum atomic E-state index is -6.95. The fourth-order valence-electron chi connectivity index (χ4n) is 4.45. The predicted molar refractivity (Wildman–Crippen MR) is 206 cm³/mol. The van der Waals surface area contributed by atoms with Gasteiger partial charge in [-0.2, -0.15) is 17.6 Å². The lowest BCUT2D eigenvalue weighted by Crippen LogP contribution is -2.54. The number of ether oxygens (including phenoxy) is 6. The Morgan fingerprint density at radius 2 is 0.787 bits per heavy atom. The summed E-state index contributed by atoms with van der Waals surface area (Å²) >= 11 is 0. The molecule has 340 valence electrons. The zero-order chi connectivity index (χ0) is 46.8. The molecule has 61 heavy (non-hydrogen) atoms. The first-order valence-corrected chi connectivity index (χ1v) is 20.6. The van der Waals surface area contributed by atoms with Crippen molar-refractivity contribution < 1.29 is 86.5 Å². The van der Waals surface area contributed by atoms with Gasteiger partial charge in [0, 0.05) is 0 Å². The molecular formula is C40H47F7O12S2. The maximum Gasteiger partial charge on any atom is 0.399 e. The molecule has 3 aromatic rings. The molecule has 0 aliphatic carbocycles. The average Bonchev–Trinajstić information content (AvgIpc) is 3.11. The molecule has 0 heterocycles. The highest BCUT2D eigenvalue weighted by Gasteiger charge is 2.68. The molecule has 12 nitrogen and oxygen atoms in total. The summed E-state index contributed by atoms with van der Waals surface area (Å²) in [6, 6.07) is 22.6. The lowest BCUT2D eigenvalue weighted by molar-refractivity contribution is -0.221. The van der Waals surface area contributed by atoms with E-state index >= 15 is 0 Å². The molecule has 1 unspecified atom stereocenters. The van der Waals surface area contributed by atoms with Gasteiger partial charge in [-0.25, -0.2) is 36.0 Å². The Kier molecular flexibility index (Phi) is 17.9. The lowest BCUT2D eigenvalue weighted by atomic mass is 10.2. The summed E-state index contributed by atoms with van der Waals surface area (Å²) in [5.74, 6) is -6.01. The summed E-state index contributed by atoms with van der Waals surface area (Å²) in [7, 11) is -7.50. The topological polar surface area (TPSA) is 164 Å². The Labute approximate surface area is 352 Å². The van der Waals surface area contributed by atoms with Crippen LogP contribution in [0.1, 0.15) is 62.3 Å². The molecule has 1 atom stereocenters. The third-order valence-electron chi connectivity index (χ3n) is 6.78. The van der Waals surface area contributed by atoms with Crippen LogP contribution in [-0.4, -0.2) is 91.3 Å². The van der Waals surface area contributed by atoms with Crippen molar-refractivity contribution in [3.8, 4) is 17.2 Å². The number of benzene rings is 3. The van der Waals surface area contributed by atoms with Crippen molar-refractivity contribution in [3.63, 3.8) is 0 Å². The predicted octanol–water partition coefficient (Wildman–Crippen LogP) is 8.31.